The summed E-state index contributed by atoms with van der Waals surface area (Å²) in [5, 5.41) is 12.9. The Labute approximate surface area is 274 Å². The van der Waals surface area contributed by atoms with Gasteiger partial charge in [0.25, 0.3) is 0 Å². The lowest BCUT2D eigenvalue weighted by Gasteiger charge is -2.40. The van der Waals surface area contributed by atoms with Gasteiger partial charge in [-0.2, -0.15) is 0 Å². The summed E-state index contributed by atoms with van der Waals surface area (Å²) in [7, 11) is -2.56. The third-order valence-electron chi connectivity index (χ3n) is 10.9. The second-order valence-corrected chi connectivity index (χ2v) is 26.8. The number of rotatable bonds is 15. The van der Waals surface area contributed by atoms with E-state index >= 15 is 0 Å². The molecule has 0 amide bonds. The van der Waals surface area contributed by atoms with Gasteiger partial charge in [-0.1, -0.05) is 79.0 Å². The maximum Gasteiger partial charge on any atom is 0.305 e. The first-order valence-corrected chi connectivity index (χ1v) is 23.6. The van der Waals surface area contributed by atoms with Gasteiger partial charge in [-0.05, 0) is 97.7 Å². The Hall–Kier alpha value is -1.04. The summed E-state index contributed by atoms with van der Waals surface area (Å²) in [5.41, 5.74) is 0. The summed E-state index contributed by atoms with van der Waals surface area (Å²) in [6.07, 6.45) is 8.17. The molecule has 1 aliphatic rings. The molecule has 3 rings (SSSR count). The van der Waals surface area contributed by atoms with E-state index in [1.807, 2.05) is 0 Å². The van der Waals surface area contributed by atoms with Crippen molar-refractivity contribution in [2.45, 2.75) is 154 Å². The number of hydrogen-bond donors (Lipinski definition) is 1. The van der Waals surface area contributed by atoms with E-state index in [4.69, 9.17) is 13.6 Å². The molecule has 1 unspecified atom stereocenters. The average Bonchev–Trinajstić information content (AvgIpc) is 3.48. The zero-order valence-electron chi connectivity index (χ0n) is 29.6. The minimum absolute atomic E-state index is 0.119. The summed E-state index contributed by atoms with van der Waals surface area (Å²) in [4.78, 5) is 12.6. The van der Waals surface area contributed by atoms with Gasteiger partial charge >= 0.3 is 5.97 Å². The van der Waals surface area contributed by atoms with Crippen LogP contribution in [0.3, 0.4) is 0 Å². The molecule has 5 nitrogen and oxygen atoms in total. The first kappa shape index (κ1) is 37.4. The van der Waals surface area contributed by atoms with E-state index in [-0.39, 0.29) is 28.3 Å². The Bertz CT molecular complexity index is 1160. The summed E-state index contributed by atoms with van der Waals surface area (Å²) in [6.45, 7) is 23.4. The van der Waals surface area contributed by atoms with Crippen molar-refractivity contribution in [1.82, 2.24) is 0 Å². The normalized spacial score (nSPS) is 22.5. The van der Waals surface area contributed by atoms with Gasteiger partial charge < -0.3 is 18.7 Å². The molecule has 0 spiro atoms. The van der Waals surface area contributed by atoms with Crippen molar-refractivity contribution in [3.8, 4) is 0 Å². The van der Waals surface area contributed by atoms with Crippen LogP contribution in [0.1, 0.15) is 110 Å². The van der Waals surface area contributed by atoms with E-state index in [1.165, 1.54) is 17.2 Å². The van der Waals surface area contributed by atoms with Gasteiger partial charge in [-0.25, -0.2) is 0 Å². The van der Waals surface area contributed by atoms with Crippen LogP contribution < -0.4 is 0 Å². The molecule has 1 saturated carbocycles. The number of hydrogen-bond acceptors (Lipinski definition) is 6. The number of fused-ring (bicyclic) bond motifs is 1. The fourth-order valence-corrected chi connectivity index (χ4v) is 9.92. The van der Waals surface area contributed by atoms with E-state index in [9.17, 15) is 9.90 Å². The van der Waals surface area contributed by atoms with Crippen molar-refractivity contribution >= 4 is 44.0 Å². The van der Waals surface area contributed by atoms with Crippen LogP contribution in [0.5, 0.6) is 0 Å². The number of unbranched alkanes of at least 4 members (excludes halogenated alkanes) is 3. The molecule has 44 heavy (non-hydrogen) atoms. The molecule has 1 N–H and O–H groups in total. The number of thiophene rings is 1. The van der Waals surface area contributed by atoms with Crippen molar-refractivity contribution in [1.29, 1.82) is 0 Å². The highest BCUT2D eigenvalue weighted by Gasteiger charge is 2.51. The molecule has 0 saturated heterocycles. The zero-order valence-corrected chi connectivity index (χ0v) is 32.4. The van der Waals surface area contributed by atoms with Crippen LogP contribution in [-0.4, -0.2) is 47.0 Å². The van der Waals surface area contributed by atoms with Crippen LogP contribution in [0.2, 0.25) is 36.3 Å². The molecule has 1 aromatic heterocycles. The van der Waals surface area contributed by atoms with Crippen molar-refractivity contribution in [2.24, 2.45) is 11.8 Å². The molecule has 1 fully saturated rings. The molecule has 0 bridgehead atoms. The van der Waals surface area contributed by atoms with Crippen LogP contribution in [0, 0.1) is 11.8 Å². The van der Waals surface area contributed by atoms with E-state index in [0.29, 0.717) is 18.3 Å². The van der Waals surface area contributed by atoms with Gasteiger partial charge in [0, 0.05) is 16.0 Å². The lowest BCUT2D eigenvalue weighted by molar-refractivity contribution is -0.140. The predicted molar refractivity (Wildman–Crippen MR) is 191 cm³/mol. The third-order valence-corrected chi connectivity index (χ3v) is 21.1. The standard InChI is InChI=1S/C36H62O5SSi2/c1-35(2,3)43(8,9)40-30-25-31(41-44(10,11)36(4,5)6)28(27(30)19-14-12-13-15-21-34(38)39-7)22-23-29(37)33-24-26-18-16-17-20-32(26)42-33/h16-18,20,24,27-31,37H,12-15,19,21-23,25H2,1-11H3/t27-,28-,29?,30+,31-/m1/s1. The smallest absolute Gasteiger partial charge is 0.305 e. The molecular weight excluding hydrogens is 601 g/mol. The molecule has 2 aromatic rings. The number of benzene rings is 1. The van der Waals surface area contributed by atoms with Crippen molar-refractivity contribution in [2.75, 3.05) is 7.11 Å². The van der Waals surface area contributed by atoms with Crippen molar-refractivity contribution < 1.29 is 23.5 Å². The number of carbonyl (C=O) groups excluding carboxylic acids is 1. The van der Waals surface area contributed by atoms with E-state index < -0.39 is 22.7 Å². The molecule has 250 valence electrons. The maximum absolute atomic E-state index is 11.6. The second-order valence-electron chi connectivity index (χ2n) is 16.2. The molecule has 0 aliphatic heterocycles. The highest BCUT2D eigenvalue weighted by atomic mass is 32.1. The molecule has 5 atom stereocenters. The van der Waals surface area contributed by atoms with Crippen LogP contribution in [0.15, 0.2) is 30.3 Å². The van der Waals surface area contributed by atoms with Gasteiger partial charge in [0.2, 0.25) is 0 Å². The number of esters is 1. The molecular formula is C36H62O5SSi2. The fourth-order valence-electron chi connectivity index (χ4n) is 6.08. The molecule has 1 aromatic carbocycles. The lowest BCUT2D eigenvalue weighted by atomic mass is 9.84. The highest BCUT2D eigenvalue weighted by molar-refractivity contribution is 7.19. The lowest BCUT2D eigenvalue weighted by Crippen LogP contribution is -2.45. The minimum atomic E-state index is -2.02. The Kier molecular flexibility index (Phi) is 13.0. The molecule has 0 radical (unpaired) electrons. The monoisotopic (exact) mass is 662 g/mol. The van der Waals surface area contributed by atoms with Gasteiger partial charge in [-0.3, -0.25) is 4.79 Å². The van der Waals surface area contributed by atoms with Crippen molar-refractivity contribution in [3.63, 3.8) is 0 Å². The maximum atomic E-state index is 11.6. The summed E-state index contributed by atoms with van der Waals surface area (Å²) >= 11 is 1.71. The van der Waals surface area contributed by atoms with Gasteiger partial charge in [0.05, 0.1) is 25.4 Å². The Balaban J connectivity index is 1.84. The van der Waals surface area contributed by atoms with Crippen LogP contribution in [0.4, 0.5) is 0 Å². The van der Waals surface area contributed by atoms with Gasteiger partial charge in [-0.15, -0.1) is 11.3 Å². The van der Waals surface area contributed by atoms with Crippen LogP contribution in [0.25, 0.3) is 10.1 Å². The van der Waals surface area contributed by atoms with Gasteiger partial charge in [0.15, 0.2) is 16.6 Å². The van der Waals surface area contributed by atoms with Crippen molar-refractivity contribution in [3.05, 3.63) is 35.2 Å². The number of aliphatic hydroxyl groups excluding tert-OH is 1. The molecule has 8 heteroatoms. The second kappa shape index (κ2) is 15.2. The number of aliphatic hydroxyl groups is 1. The van der Waals surface area contributed by atoms with Crippen LogP contribution in [-0.2, 0) is 18.4 Å². The quantitative estimate of drug-likeness (QED) is 0.117. The number of methoxy groups -OCH3 is 1. The highest BCUT2D eigenvalue weighted by Crippen LogP contribution is 2.49. The van der Waals surface area contributed by atoms with E-state index in [1.54, 1.807) is 11.3 Å². The first-order valence-electron chi connectivity index (χ1n) is 17.0. The summed E-state index contributed by atoms with van der Waals surface area (Å²) < 4.78 is 20.6. The Morgan fingerprint density at radius 3 is 1.98 bits per heavy atom. The SMILES string of the molecule is COC(=O)CCCCCC[C@@H]1[C@@H](CCC(O)c2cc3ccccc3s2)[C@H](O[Si](C)(C)C(C)(C)C)C[C@@H]1O[Si](C)(C)C(C)(C)C. The van der Waals surface area contributed by atoms with E-state index in [0.717, 1.165) is 56.2 Å². The van der Waals surface area contributed by atoms with Crippen LogP contribution >= 0.6 is 11.3 Å². The topological polar surface area (TPSA) is 65.0 Å². The minimum Gasteiger partial charge on any atom is -0.469 e. The summed E-state index contributed by atoms with van der Waals surface area (Å²) in [5.74, 6) is 0.624. The Morgan fingerprint density at radius 2 is 1.43 bits per heavy atom. The summed E-state index contributed by atoms with van der Waals surface area (Å²) in [6, 6.07) is 10.6. The largest absolute Gasteiger partial charge is 0.469 e. The van der Waals surface area contributed by atoms with Gasteiger partial charge in [0.1, 0.15) is 0 Å². The molecule has 1 aliphatic carbocycles. The first-order chi connectivity index (χ1) is 20.4. The van der Waals surface area contributed by atoms with E-state index in [2.05, 4.69) is 98.1 Å². The fraction of sp³-hybridized carbons (Fsp3) is 0.750. The average molecular weight is 663 g/mol. The number of ether oxygens (including phenoxy) is 1. The molecule has 1 heterocycles. The number of carbonyl (C=O) groups is 1. The predicted octanol–water partition coefficient (Wildman–Crippen LogP) is 10.6. The zero-order chi connectivity index (χ0) is 32.9. The Morgan fingerprint density at radius 1 is 0.886 bits per heavy atom. The third kappa shape index (κ3) is 9.74.